The molecule has 180 valence electrons. The molecule has 0 saturated carbocycles. The van der Waals surface area contributed by atoms with Crippen LogP contribution in [-0.2, 0) is 19.1 Å². The first kappa shape index (κ1) is 23.8. The molecule has 2 aromatic carbocycles. The molecular formula is C26H30N2O6. The van der Waals surface area contributed by atoms with Crippen LogP contribution in [0.3, 0.4) is 0 Å². The van der Waals surface area contributed by atoms with Gasteiger partial charge in [0.25, 0.3) is 0 Å². The van der Waals surface area contributed by atoms with Gasteiger partial charge >= 0.3 is 12.1 Å². The fourth-order valence-corrected chi connectivity index (χ4v) is 4.85. The Hall–Kier alpha value is -3.39. The van der Waals surface area contributed by atoms with Crippen molar-refractivity contribution in [3.63, 3.8) is 0 Å². The minimum Gasteiger partial charge on any atom is -0.481 e. The van der Waals surface area contributed by atoms with Crippen molar-refractivity contribution < 1.29 is 29.0 Å². The van der Waals surface area contributed by atoms with Gasteiger partial charge in [-0.2, -0.15) is 0 Å². The Kier molecular flexibility index (Phi) is 6.88. The number of aliphatic carboxylic acids is 1. The normalized spacial score (nSPS) is 16.7. The molecular weight excluding hydrogens is 436 g/mol. The van der Waals surface area contributed by atoms with Gasteiger partial charge in [0, 0.05) is 39.1 Å². The predicted octanol–water partition coefficient (Wildman–Crippen LogP) is 3.25. The van der Waals surface area contributed by atoms with Crippen LogP contribution < -0.4 is 5.32 Å². The number of nitrogens with zero attached hydrogens (tertiary/aromatic N) is 1. The molecule has 1 heterocycles. The first-order valence-electron chi connectivity index (χ1n) is 11.5. The fourth-order valence-electron chi connectivity index (χ4n) is 4.85. The van der Waals surface area contributed by atoms with Crippen LogP contribution >= 0.6 is 0 Å². The summed E-state index contributed by atoms with van der Waals surface area (Å²) in [6.07, 6.45) is 0.0217. The van der Waals surface area contributed by atoms with Crippen LogP contribution in [0.4, 0.5) is 4.79 Å². The molecule has 2 aliphatic rings. The van der Waals surface area contributed by atoms with Gasteiger partial charge in [-0.3, -0.25) is 9.59 Å². The summed E-state index contributed by atoms with van der Waals surface area (Å²) in [6.45, 7) is 2.48. The molecule has 2 aromatic rings. The third-order valence-electron chi connectivity index (χ3n) is 6.97. The summed E-state index contributed by atoms with van der Waals surface area (Å²) in [7, 11) is 1.52. The second-order valence-electron chi connectivity index (χ2n) is 8.94. The SMILES string of the molecule is CCC1(C(=O)O)CN(C(=O)C(CCOC)NC(=O)OCC2c3ccccc3-c3ccccc32)C1. The van der Waals surface area contributed by atoms with Gasteiger partial charge in [0.05, 0.1) is 0 Å². The van der Waals surface area contributed by atoms with Gasteiger partial charge in [-0.15, -0.1) is 0 Å². The molecule has 1 aliphatic carbocycles. The van der Waals surface area contributed by atoms with E-state index < -0.39 is 23.5 Å². The van der Waals surface area contributed by atoms with Crippen molar-refractivity contribution in [3.05, 3.63) is 59.7 Å². The highest BCUT2D eigenvalue weighted by Gasteiger charge is 2.51. The van der Waals surface area contributed by atoms with E-state index in [0.717, 1.165) is 22.3 Å². The van der Waals surface area contributed by atoms with E-state index in [1.54, 1.807) is 6.92 Å². The Balaban J connectivity index is 1.39. The monoisotopic (exact) mass is 466 g/mol. The van der Waals surface area contributed by atoms with Crippen LogP contribution in [0, 0.1) is 5.41 Å². The minimum atomic E-state index is -0.911. The predicted molar refractivity (Wildman–Crippen MR) is 125 cm³/mol. The molecule has 1 unspecified atom stereocenters. The number of fused-ring (bicyclic) bond motifs is 3. The molecule has 34 heavy (non-hydrogen) atoms. The Bertz CT molecular complexity index is 1030. The van der Waals surface area contributed by atoms with Crippen molar-refractivity contribution in [1.29, 1.82) is 0 Å². The van der Waals surface area contributed by atoms with Crippen LogP contribution in [0.25, 0.3) is 11.1 Å². The molecule has 2 amide bonds. The fraction of sp³-hybridized carbons (Fsp3) is 0.423. The minimum absolute atomic E-state index is 0.0811. The molecule has 4 rings (SSSR count). The van der Waals surface area contributed by atoms with E-state index in [2.05, 4.69) is 17.4 Å². The number of rotatable bonds is 9. The van der Waals surface area contributed by atoms with Crippen LogP contribution in [0.5, 0.6) is 0 Å². The average molecular weight is 467 g/mol. The molecule has 8 heteroatoms. The highest BCUT2D eigenvalue weighted by atomic mass is 16.5. The molecule has 0 bridgehead atoms. The van der Waals surface area contributed by atoms with Crippen molar-refractivity contribution in [2.45, 2.75) is 31.7 Å². The maximum atomic E-state index is 13.0. The van der Waals surface area contributed by atoms with Crippen molar-refractivity contribution in [3.8, 4) is 11.1 Å². The first-order chi connectivity index (χ1) is 16.4. The number of amides is 2. The second-order valence-corrected chi connectivity index (χ2v) is 8.94. The van der Waals surface area contributed by atoms with Crippen LogP contribution in [0.15, 0.2) is 48.5 Å². The Morgan fingerprint density at radius 1 is 1.09 bits per heavy atom. The van der Waals surface area contributed by atoms with Gasteiger partial charge in [0.1, 0.15) is 18.1 Å². The maximum Gasteiger partial charge on any atom is 0.407 e. The number of alkyl carbamates (subject to hydrolysis) is 1. The van der Waals surface area contributed by atoms with E-state index in [4.69, 9.17) is 9.47 Å². The van der Waals surface area contributed by atoms with Gasteiger partial charge in [-0.25, -0.2) is 4.79 Å². The van der Waals surface area contributed by atoms with Crippen molar-refractivity contribution in [2.75, 3.05) is 33.4 Å². The van der Waals surface area contributed by atoms with Crippen LogP contribution in [0.1, 0.15) is 36.8 Å². The van der Waals surface area contributed by atoms with Gasteiger partial charge in [0.15, 0.2) is 0 Å². The quantitative estimate of drug-likeness (QED) is 0.588. The number of carbonyl (C=O) groups excluding carboxylic acids is 2. The van der Waals surface area contributed by atoms with Crippen molar-refractivity contribution >= 4 is 18.0 Å². The third kappa shape index (κ3) is 4.37. The maximum absolute atomic E-state index is 13.0. The van der Waals surface area contributed by atoms with Gasteiger partial charge in [-0.05, 0) is 28.7 Å². The topological polar surface area (TPSA) is 105 Å². The van der Waals surface area contributed by atoms with E-state index in [1.165, 1.54) is 12.0 Å². The summed E-state index contributed by atoms with van der Waals surface area (Å²) < 4.78 is 10.7. The van der Waals surface area contributed by atoms with Crippen LogP contribution in [-0.4, -0.2) is 67.4 Å². The average Bonchev–Trinajstić information content (AvgIpc) is 3.13. The number of methoxy groups -OCH3 is 1. The zero-order chi connectivity index (χ0) is 24.3. The first-order valence-corrected chi connectivity index (χ1v) is 11.5. The van der Waals surface area contributed by atoms with E-state index in [-0.39, 0.29) is 44.5 Å². The lowest BCUT2D eigenvalue weighted by Gasteiger charge is -2.47. The number of carbonyl (C=O) groups is 3. The summed E-state index contributed by atoms with van der Waals surface area (Å²) in [4.78, 5) is 38.7. The van der Waals surface area contributed by atoms with E-state index in [1.807, 2.05) is 36.4 Å². The Morgan fingerprint density at radius 3 is 2.21 bits per heavy atom. The van der Waals surface area contributed by atoms with Crippen LogP contribution in [0.2, 0.25) is 0 Å². The van der Waals surface area contributed by atoms with Gasteiger partial charge in [0.2, 0.25) is 5.91 Å². The Labute approximate surface area is 198 Å². The number of benzene rings is 2. The number of carboxylic acid groups (broad SMARTS) is 1. The third-order valence-corrected chi connectivity index (χ3v) is 6.97. The molecule has 0 aromatic heterocycles. The summed E-state index contributed by atoms with van der Waals surface area (Å²) in [6, 6.07) is 15.3. The van der Waals surface area contributed by atoms with Crippen molar-refractivity contribution in [1.82, 2.24) is 10.2 Å². The highest BCUT2D eigenvalue weighted by molar-refractivity contribution is 5.89. The number of carboxylic acids is 1. The summed E-state index contributed by atoms with van der Waals surface area (Å²) in [5.41, 5.74) is 3.57. The van der Waals surface area contributed by atoms with E-state index in [0.29, 0.717) is 6.42 Å². The standard InChI is InChI=1S/C26H30N2O6/c1-3-26(24(30)31)15-28(16-26)23(29)22(12-13-33-2)27-25(32)34-14-21-19-10-6-4-8-17(19)18-9-5-7-11-20(18)21/h4-11,21-22H,3,12-16H2,1-2H3,(H,27,32)(H,30,31). The number of likely N-dealkylation sites (tertiary alicyclic amines) is 1. The molecule has 1 atom stereocenters. The molecule has 0 spiro atoms. The molecule has 1 aliphatic heterocycles. The molecule has 2 N–H and O–H groups in total. The lowest BCUT2D eigenvalue weighted by atomic mass is 9.77. The Morgan fingerprint density at radius 2 is 1.68 bits per heavy atom. The molecule has 1 saturated heterocycles. The van der Waals surface area contributed by atoms with Gasteiger partial charge in [-0.1, -0.05) is 55.5 Å². The van der Waals surface area contributed by atoms with Crippen molar-refractivity contribution in [2.24, 2.45) is 5.41 Å². The summed E-state index contributed by atoms with van der Waals surface area (Å²) in [5, 5.41) is 12.1. The molecule has 1 fully saturated rings. The lowest BCUT2D eigenvalue weighted by molar-refractivity contribution is -0.167. The van der Waals surface area contributed by atoms with Gasteiger partial charge < -0.3 is 24.8 Å². The summed E-state index contributed by atoms with van der Waals surface area (Å²) >= 11 is 0. The van der Waals surface area contributed by atoms with E-state index >= 15 is 0 Å². The lowest BCUT2D eigenvalue weighted by Crippen LogP contribution is -2.65. The zero-order valence-electron chi connectivity index (χ0n) is 19.5. The largest absolute Gasteiger partial charge is 0.481 e. The summed E-state index contributed by atoms with van der Waals surface area (Å²) in [5.74, 6) is -1.31. The number of ether oxygens (including phenoxy) is 2. The second kappa shape index (κ2) is 9.85. The number of hydrogen-bond acceptors (Lipinski definition) is 5. The van der Waals surface area contributed by atoms with E-state index in [9.17, 15) is 19.5 Å². The number of hydrogen-bond donors (Lipinski definition) is 2. The highest BCUT2D eigenvalue weighted by Crippen LogP contribution is 2.44. The smallest absolute Gasteiger partial charge is 0.407 e. The molecule has 8 nitrogen and oxygen atoms in total. The molecule has 0 radical (unpaired) electrons. The number of nitrogens with one attached hydrogen (secondary N) is 1. The zero-order valence-corrected chi connectivity index (χ0v) is 19.5.